The van der Waals surface area contributed by atoms with Crippen molar-refractivity contribution in [2.24, 2.45) is 0 Å². The van der Waals surface area contributed by atoms with Crippen LogP contribution in [0.25, 0.3) is 10.9 Å². The Morgan fingerprint density at radius 2 is 1.87 bits per heavy atom. The monoisotopic (exact) mass is 423 g/mol. The number of amides is 1. The molecule has 0 radical (unpaired) electrons. The average molecular weight is 423 g/mol. The molecule has 2 heterocycles. The summed E-state index contributed by atoms with van der Waals surface area (Å²) in [4.78, 5) is 36.6. The second-order valence-electron chi connectivity index (χ2n) is 7.98. The van der Waals surface area contributed by atoms with Crippen molar-refractivity contribution in [3.05, 3.63) is 52.3 Å². The number of hydrogen-bond acceptors (Lipinski definition) is 7. The maximum absolute atomic E-state index is 12.3. The summed E-state index contributed by atoms with van der Waals surface area (Å²) in [7, 11) is 3.93. The van der Waals surface area contributed by atoms with Gasteiger partial charge in [-0.1, -0.05) is 12.1 Å². The molecular weight excluding hydrogens is 398 g/mol. The second kappa shape index (κ2) is 8.58. The van der Waals surface area contributed by atoms with Crippen LogP contribution in [-0.2, 0) is 0 Å². The van der Waals surface area contributed by atoms with Gasteiger partial charge in [-0.25, -0.2) is 4.98 Å². The van der Waals surface area contributed by atoms with E-state index in [0.717, 1.165) is 42.4 Å². The Labute approximate surface area is 179 Å². The normalized spacial score (nSPS) is 18.5. The third kappa shape index (κ3) is 4.57. The lowest BCUT2D eigenvalue weighted by Gasteiger charge is -2.29. The van der Waals surface area contributed by atoms with Crippen molar-refractivity contribution < 1.29 is 9.72 Å². The molecule has 162 valence electrons. The van der Waals surface area contributed by atoms with Crippen molar-refractivity contribution in [1.29, 1.82) is 0 Å². The molecule has 4 rings (SSSR count). The zero-order valence-electron chi connectivity index (χ0n) is 17.5. The van der Waals surface area contributed by atoms with E-state index in [1.807, 2.05) is 43.3 Å². The summed E-state index contributed by atoms with van der Waals surface area (Å²) in [6, 6.07) is 9.44. The van der Waals surface area contributed by atoms with Crippen LogP contribution in [0, 0.1) is 10.1 Å². The minimum Gasteiger partial charge on any atom is -0.362 e. The number of nitrogens with one attached hydrogen (secondary N) is 3. The van der Waals surface area contributed by atoms with Crippen molar-refractivity contribution in [2.75, 3.05) is 24.3 Å². The molecule has 0 spiro atoms. The van der Waals surface area contributed by atoms with Crippen LogP contribution in [0.4, 0.5) is 17.5 Å². The van der Waals surface area contributed by atoms with E-state index in [2.05, 4.69) is 20.6 Å². The van der Waals surface area contributed by atoms with Crippen molar-refractivity contribution in [3.8, 4) is 0 Å². The largest absolute Gasteiger partial charge is 0.362 e. The number of para-hydroxylation sites is 1. The molecule has 1 fully saturated rings. The first-order valence-electron chi connectivity index (χ1n) is 10.2. The number of rotatable bonds is 6. The van der Waals surface area contributed by atoms with Gasteiger partial charge < -0.3 is 20.5 Å². The number of aromatic amines is 1. The molecular formula is C21H25N7O3. The summed E-state index contributed by atoms with van der Waals surface area (Å²) in [6.07, 6.45) is 4.56. The minimum absolute atomic E-state index is 0.0303. The third-order valence-electron chi connectivity index (χ3n) is 5.53. The van der Waals surface area contributed by atoms with Crippen LogP contribution in [-0.4, -0.2) is 52.0 Å². The van der Waals surface area contributed by atoms with Gasteiger partial charge in [0.05, 0.1) is 16.6 Å². The maximum atomic E-state index is 12.3. The number of carbonyl (C=O) groups is 1. The zero-order chi connectivity index (χ0) is 22.0. The van der Waals surface area contributed by atoms with Crippen molar-refractivity contribution in [1.82, 2.24) is 20.3 Å². The van der Waals surface area contributed by atoms with Crippen LogP contribution in [0.1, 0.15) is 36.2 Å². The van der Waals surface area contributed by atoms with Crippen molar-refractivity contribution in [2.45, 2.75) is 37.8 Å². The lowest BCUT2D eigenvalue weighted by Crippen LogP contribution is -2.40. The first kappa shape index (κ1) is 20.6. The van der Waals surface area contributed by atoms with Gasteiger partial charge >= 0.3 is 0 Å². The second-order valence-corrected chi connectivity index (χ2v) is 7.98. The van der Waals surface area contributed by atoms with Crippen LogP contribution in [0.5, 0.6) is 0 Å². The van der Waals surface area contributed by atoms with Gasteiger partial charge in [0.1, 0.15) is 11.5 Å². The van der Waals surface area contributed by atoms with Gasteiger partial charge in [0, 0.05) is 37.6 Å². The van der Waals surface area contributed by atoms with Crippen LogP contribution in [0.15, 0.2) is 36.5 Å². The first-order chi connectivity index (χ1) is 14.9. The number of aromatic nitrogens is 3. The van der Waals surface area contributed by atoms with Crippen LogP contribution in [0.2, 0.25) is 0 Å². The summed E-state index contributed by atoms with van der Waals surface area (Å²) in [5.74, 6) is 1.15. The Kier molecular flexibility index (Phi) is 5.70. The average Bonchev–Trinajstić information content (AvgIpc) is 3.25. The molecule has 0 atom stereocenters. The van der Waals surface area contributed by atoms with Crippen LogP contribution < -0.4 is 15.5 Å². The summed E-state index contributed by atoms with van der Waals surface area (Å²) in [6.45, 7) is 0. The summed E-state index contributed by atoms with van der Waals surface area (Å²) in [5.41, 5.74) is 0.975. The fourth-order valence-corrected chi connectivity index (χ4v) is 3.91. The molecule has 10 nitrogen and oxygen atoms in total. The Balaban J connectivity index is 1.36. The standard InChI is InChI=1S/C21H25N7O3/c1-27(2)19-16-5-3-4-6-17(16)25-21(26-19)24-14-9-7-13(8-10-14)23-20(29)18-11-15(12-22-18)28(30)31/h3-6,11-14,22H,7-10H2,1-2H3,(H,23,29)(H,24,25,26)/t13-,14+. The van der Waals surface area contributed by atoms with Gasteiger partial charge in [-0.15, -0.1) is 0 Å². The number of H-pyrrole nitrogens is 1. The number of nitrogens with zero attached hydrogens (tertiary/aromatic N) is 4. The van der Waals surface area contributed by atoms with E-state index in [1.54, 1.807) is 0 Å². The predicted octanol–water partition coefficient (Wildman–Crippen LogP) is 3.09. The number of carbonyl (C=O) groups excluding carboxylic acids is 1. The molecule has 10 heteroatoms. The smallest absolute Gasteiger partial charge is 0.287 e. The van der Waals surface area contributed by atoms with E-state index >= 15 is 0 Å². The van der Waals surface area contributed by atoms with Crippen molar-refractivity contribution >= 4 is 34.3 Å². The lowest BCUT2D eigenvalue weighted by atomic mass is 9.91. The van der Waals surface area contributed by atoms with E-state index < -0.39 is 4.92 Å². The van der Waals surface area contributed by atoms with Gasteiger partial charge in [0.15, 0.2) is 0 Å². The fourth-order valence-electron chi connectivity index (χ4n) is 3.91. The number of fused-ring (bicyclic) bond motifs is 1. The molecule has 1 amide bonds. The molecule has 0 aliphatic heterocycles. The molecule has 3 aromatic rings. The van der Waals surface area contributed by atoms with Crippen LogP contribution >= 0.6 is 0 Å². The van der Waals surface area contributed by atoms with Crippen LogP contribution in [0.3, 0.4) is 0 Å². The number of hydrogen-bond donors (Lipinski definition) is 3. The highest BCUT2D eigenvalue weighted by molar-refractivity contribution is 5.93. The van der Waals surface area contributed by atoms with Gasteiger partial charge in [0.25, 0.3) is 11.6 Å². The Bertz CT molecular complexity index is 1100. The molecule has 31 heavy (non-hydrogen) atoms. The predicted molar refractivity (Wildman–Crippen MR) is 118 cm³/mol. The molecule has 2 aromatic heterocycles. The minimum atomic E-state index is -0.527. The highest BCUT2D eigenvalue weighted by atomic mass is 16.6. The molecule has 1 aliphatic rings. The fraction of sp³-hybridized carbons (Fsp3) is 0.381. The third-order valence-corrected chi connectivity index (χ3v) is 5.53. The topological polar surface area (TPSA) is 129 Å². The number of anilines is 2. The quantitative estimate of drug-likeness (QED) is 0.410. The molecule has 3 N–H and O–H groups in total. The Hall–Kier alpha value is -3.69. The molecule has 1 aromatic carbocycles. The highest BCUT2D eigenvalue weighted by Gasteiger charge is 2.25. The lowest BCUT2D eigenvalue weighted by molar-refractivity contribution is -0.384. The van der Waals surface area contributed by atoms with E-state index in [4.69, 9.17) is 4.98 Å². The number of benzene rings is 1. The Morgan fingerprint density at radius 1 is 1.16 bits per heavy atom. The first-order valence-corrected chi connectivity index (χ1v) is 10.2. The van der Waals surface area contributed by atoms with Crippen molar-refractivity contribution in [3.63, 3.8) is 0 Å². The van der Waals surface area contributed by atoms with Gasteiger partial charge in [0.2, 0.25) is 5.95 Å². The van der Waals surface area contributed by atoms with E-state index in [0.29, 0.717) is 5.95 Å². The van der Waals surface area contributed by atoms with Gasteiger partial charge in [-0.05, 0) is 37.8 Å². The summed E-state index contributed by atoms with van der Waals surface area (Å²) < 4.78 is 0. The Morgan fingerprint density at radius 3 is 2.55 bits per heavy atom. The SMILES string of the molecule is CN(C)c1nc(N[C@H]2CC[C@@H](NC(=O)c3cc([N+](=O)[O-])c[nH]3)CC2)nc2ccccc12. The van der Waals surface area contributed by atoms with Gasteiger partial charge in [-0.3, -0.25) is 14.9 Å². The summed E-state index contributed by atoms with van der Waals surface area (Å²) in [5, 5.41) is 18.2. The molecule has 0 bridgehead atoms. The van der Waals surface area contributed by atoms with E-state index in [-0.39, 0.29) is 29.4 Å². The molecule has 1 saturated carbocycles. The van der Waals surface area contributed by atoms with E-state index in [9.17, 15) is 14.9 Å². The number of nitro groups is 1. The maximum Gasteiger partial charge on any atom is 0.287 e. The highest BCUT2D eigenvalue weighted by Crippen LogP contribution is 2.26. The molecule has 1 aliphatic carbocycles. The van der Waals surface area contributed by atoms with E-state index in [1.165, 1.54) is 12.3 Å². The zero-order valence-corrected chi connectivity index (χ0v) is 17.5. The van der Waals surface area contributed by atoms with Gasteiger partial charge in [-0.2, -0.15) is 4.98 Å². The molecule has 0 unspecified atom stereocenters. The summed E-state index contributed by atoms with van der Waals surface area (Å²) >= 11 is 0. The molecule has 0 saturated heterocycles.